The van der Waals surface area contributed by atoms with Crippen LogP contribution in [0.2, 0.25) is 0 Å². The Balaban J connectivity index is 2.39. The summed E-state index contributed by atoms with van der Waals surface area (Å²) in [5.74, 6) is -1.75. The van der Waals surface area contributed by atoms with E-state index in [1.165, 1.54) is 37.2 Å². The molecule has 0 saturated carbocycles. The maximum atomic E-state index is 14.6. The summed E-state index contributed by atoms with van der Waals surface area (Å²) in [5, 5.41) is 2.79. The molecule has 8 nitrogen and oxygen atoms in total. The highest BCUT2D eigenvalue weighted by Crippen LogP contribution is 2.23. The van der Waals surface area contributed by atoms with Crippen molar-refractivity contribution >= 4 is 27.7 Å². The summed E-state index contributed by atoms with van der Waals surface area (Å²) in [5.41, 5.74) is 0.718. The summed E-state index contributed by atoms with van der Waals surface area (Å²) in [6.07, 6.45) is 0.464. The van der Waals surface area contributed by atoms with Gasteiger partial charge in [-0.1, -0.05) is 42.5 Å². The second-order valence-electron chi connectivity index (χ2n) is 8.41. The van der Waals surface area contributed by atoms with E-state index in [2.05, 4.69) is 5.32 Å². The highest BCUT2D eigenvalue weighted by Gasteiger charge is 2.33. The molecule has 0 unspecified atom stereocenters. The molecule has 0 heterocycles. The van der Waals surface area contributed by atoms with Crippen LogP contribution in [0.3, 0.4) is 0 Å². The van der Waals surface area contributed by atoms with Gasteiger partial charge in [0, 0.05) is 26.7 Å². The van der Waals surface area contributed by atoms with E-state index in [0.717, 1.165) is 20.2 Å². The Morgan fingerprint density at radius 3 is 2.12 bits per heavy atom. The molecular weight excluding hydrogens is 459 g/mol. The molecule has 2 aromatic rings. The lowest BCUT2D eigenvalue weighted by molar-refractivity contribution is -0.139. The van der Waals surface area contributed by atoms with Crippen LogP contribution >= 0.6 is 0 Å². The van der Waals surface area contributed by atoms with Crippen molar-refractivity contribution in [3.05, 3.63) is 66.0 Å². The van der Waals surface area contributed by atoms with Crippen molar-refractivity contribution in [3.8, 4) is 0 Å². The fraction of sp³-hybridized carbons (Fsp3) is 0.417. The van der Waals surface area contributed by atoms with E-state index in [-0.39, 0.29) is 24.2 Å². The van der Waals surface area contributed by atoms with Gasteiger partial charge in [0.25, 0.3) is 0 Å². The molecule has 2 aromatic carbocycles. The Kier molecular flexibility index (Phi) is 9.57. The molecule has 0 spiro atoms. The molecule has 1 N–H and O–H groups in total. The molecule has 0 saturated heterocycles. The van der Waals surface area contributed by atoms with Gasteiger partial charge >= 0.3 is 10.2 Å². The van der Waals surface area contributed by atoms with Crippen LogP contribution in [-0.2, 0) is 26.2 Å². The van der Waals surface area contributed by atoms with Crippen molar-refractivity contribution in [1.29, 1.82) is 0 Å². The molecule has 0 aliphatic rings. The molecule has 0 aliphatic heterocycles. The summed E-state index contributed by atoms with van der Waals surface area (Å²) in [4.78, 5) is 27.5. The number of carbonyl (C=O) groups excluding carboxylic acids is 2. The zero-order chi connectivity index (χ0) is 25.5. The van der Waals surface area contributed by atoms with Crippen molar-refractivity contribution < 1.29 is 22.4 Å². The van der Waals surface area contributed by atoms with Crippen LogP contribution < -0.4 is 9.62 Å². The Labute approximate surface area is 201 Å². The first-order valence-corrected chi connectivity index (χ1v) is 12.4. The van der Waals surface area contributed by atoms with E-state index in [1.54, 1.807) is 6.92 Å². The highest BCUT2D eigenvalue weighted by atomic mass is 32.2. The number of anilines is 1. The predicted octanol–water partition coefficient (Wildman–Crippen LogP) is 2.42. The molecule has 10 heteroatoms. The molecule has 0 fully saturated rings. The fourth-order valence-electron chi connectivity index (χ4n) is 3.33. The normalized spacial score (nSPS) is 12.5. The van der Waals surface area contributed by atoms with Crippen molar-refractivity contribution in [2.75, 3.05) is 31.5 Å². The molecule has 186 valence electrons. The Bertz CT molecular complexity index is 1080. The maximum absolute atomic E-state index is 14.6. The summed E-state index contributed by atoms with van der Waals surface area (Å²) in [7, 11) is -1.59. The number of benzene rings is 2. The fourth-order valence-corrected chi connectivity index (χ4v) is 4.40. The third-order valence-corrected chi connectivity index (χ3v) is 7.03. The van der Waals surface area contributed by atoms with Crippen molar-refractivity contribution in [2.24, 2.45) is 0 Å². The predicted molar refractivity (Wildman–Crippen MR) is 131 cm³/mol. The van der Waals surface area contributed by atoms with Crippen LogP contribution in [0, 0.1) is 5.82 Å². The molecule has 34 heavy (non-hydrogen) atoms. The number of nitrogens with one attached hydrogen (secondary N) is 1. The van der Waals surface area contributed by atoms with Crippen LogP contribution in [0.5, 0.6) is 0 Å². The number of amides is 2. The number of halogens is 1. The lowest BCUT2D eigenvalue weighted by Gasteiger charge is -2.33. The Hall–Kier alpha value is -2.98. The van der Waals surface area contributed by atoms with Gasteiger partial charge in [0.05, 0.1) is 5.69 Å². The molecular formula is C24H33FN4O4S. The molecule has 0 radical (unpaired) electrons. The van der Waals surface area contributed by atoms with Crippen LogP contribution in [0.1, 0.15) is 26.3 Å². The number of hydrogen-bond acceptors (Lipinski definition) is 4. The standard InChI is InChI=1S/C24H33FN4O4S/c1-18(2)26-24(31)19(3)28(16-15-20-11-7-6-8-12-20)23(30)17-29(34(32,33)27(4)5)22-14-10-9-13-21(22)25/h6-14,18-19H,15-17H2,1-5H3,(H,26,31)/t19-/m0/s1. The van der Waals surface area contributed by atoms with Gasteiger partial charge in [0.1, 0.15) is 18.4 Å². The first kappa shape index (κ1) is 27.3. The quantitative estimate of drug-likeness (QED) is 0.522. The van der Waals surface area contributed by atoms with Gasteiger partial charge in [-0.05, 0) is 44.9 Å². The molecule has 1 atom stereocenters. The highest BCUT2D eigenvalue weighted by molar-refractivity contribution is 7.90. The smallest absolute Gasteiger partial charge is 0.304 e. The van der Waals surface area contributed by atoms with Crippen molar-refractivity contribution in [2.45, 2.75) is 39.3 Å². The lowest BCUT2D eigenvalue weighted by atomic mass is 10.1. The van der Waals surface area contributed by atoms with Crippen LogP contribution in [0.15, 0.2) is 54.6 Å². The number of nitrogens with zero attached hydrogens (tertiary/aromatic N) is 3. The van der Waals surface area contributed by atoms with Gasteiger partial charge in [0.2, 0.25) is 11.8 Å². The minimum atomic E-state index is -4.20. The van der Waals surface area contributed by atoms with Crippen LogP contribution in [0.4, 0.5) is 10.1 Å². The summed E-state index contributed by atoms with van der Waals surface area (Å²) in [6.45, 7) is 4.74. The molecule has 2 rings (SSSR count). The second-order valence-corrected chi connectivity index (χ2v) is 10.5. The van der Waals surface area contributed by atoms with Crippen molar-refractivity contribution in [3.63, 3.8) is 0 Å². The summed E-state index contributed by atoms with van der Waals surface area (Å²) >= 11 is 0. The topological polar surface area (TPSA) is 90.0 Å². The lowest BCUT2D eigenvalue weighted by Crippen LogP contribution is -2.54. The van der Waals surface area contributed by atoms with Gasteiger partial charge in [-0.2, -0.15) is 12.7 Å². The van der Waals surface area contributed by atoms with E-state index in [4.69, 9.17) is 0 Å². The van der Waals surface area contributed by atoms with Crippen LogP contribution in [0.25, 0.3) is 0 Å². The average Bonchev–Trinajstić information content (AvgIpc) is 2.78. The SMILES string of the molecule is CC(C)NC(=O)[C@H](C)N(CCc1ccccc1)C(=O)CN(c1ccccc1F)S(=O)(=O)N(C)C. The maximum Gasteiger partial charge on any atom is 0.304 e. The second kappa shape index (κ2) is 11.9. The zero-order valence-electron chi connectivity index (χ0n) is 20.2. The number of hydrogen-bond donors (Lipinski definition) is 1. The van der Waals surface area contributed by atoms with E-state index >= 15 is 0 Å². The number of para-hydroxylation sites is 1. The van der Waals surface area contributed by atoms with Gasteiger partial charge in [-0.15, -0.1) is 0 Å². The van der Waals surface area contributed by atoms with E-state index < -0.39 is 34.5 Å². The van der Waals surface area contributed by atoms with E-state index in [1.807, 2.05) is 44.2 Å². The van der Waals surface area contributed by atoms with Crippen molar-refractivity contribution in [1.82, 2.24) is 14.5 Å². The van der Waals surface area contributed by atoms with E-state index in [9.17, 15) is 22.4 Å². The first-order valence-electron chi connectivity index (χ1n) is 11.0. The first-order chi connectivity index (χ1) is 15.9. The minimum absolute atomic E-state index is 0.134. The van der Waals surface area contributed by atoms with E-state index in [0.29, 0.717) is 6.42 Å². The summed E-state index contributed by atoms with van der Waals surface area (Å²) in [6, 6.07) is 13.8. The monoisotopic (exact) mass is 492 g/mol. The van der Waals surface area contributed by atoms with Gasteiger partial charge < -0.3 is 10.2 Å². The number of carbonyl (C=O) groups is 2. The Morgan fingerprint density at radius 2 is 1.56 bits per heavy atom. The van der Waals surface area contributed by atoms with Gasteiger partial charge in [0.15, 0.2) is 0 Å². The third-order valence-electron chi connectivity index (χ3n) is 5.22. The number of rotatable bonds is 11. The zero-order valence-corrected chi connectivity index (χ0v) is 21.0. The summed E-state index contributed by atoms with van der Waals surface area (Å²) < 4.78 is 42.2. The molecule has 2 amide bonds. The molecule has 0 aliphatic carbocycles. The third kappa shape index (κ3) is 7.01. The largest absolute Gasteiger partial charge is 0.352 e. The minimum Gasteiger partial charge on any atom is -0.352 e. The Morgan fingerprint density at radius 1 is 0.971 bits per heavy atom. The van der Waals surface area contributed by atoms with Gasteiger partial charge in [-0.3, -0.25) is 9.59 Å². The molecule has 0 bridgehead atoms. The van der Waals surface area contributed by atoms with Gasteiger partial charge in [-0.25, -0.2) is 8.70 Å². The average molecular weight is 493 g/mol. The molecule has 0 aromatic heterocycles. The van der Waals surface area contributed by atoms with Crippen LogP contribution in [-0.4, -0.2) is 68.7 Å².